The van der Waals surface area contributed by atoms with Gasteiger partial charge >= 0.3 is 12.2 Å². The first-order chi connectivity index (χ1) is 25.9. The van der Waals surface area contributed by atoms with E-state index in [9.17, 15) is 19.5 Å². The van der Waals surface area contributed by atoms with Crippen molar-refractivity contribution in [1.29, 1.82) is 0 Å². The van der Waals surface area contributed by atoms with Crippen LogP contribution < -0.4 is 26.5 Å². The van der Waals surface area contributed by atoms with E-state index in [0.29, 0.717) is 31.9 Å². The lowest BCUT2D eigenvalue weighted by Crippen LogP contribution is -2.59. The van der Waals surface area contributed by atoms with Gasteiger partial charge in [0.1, 0.15) is 24.5 Å². The number of ether oxygens (including phenoxy) is 5. The van der Waals surface area contributed by atoms with Gasteiger partial charge in [-0.05, 0) is 53.6 Å². The fourth-order valence-electron chi connectivity index (χ4n) is 6.42. The van der Waals surface area contributed by atoms with Crippen LogP contribution in [0.5, 0.6) is 5.75 Å². The van der Waals surface area contributed by atoms with Gasteiger partial charge in [0.15, 0.2) is 6.29 Å². The number of alkyl carbamates (subject to hydrolysis) is 2. The first-order valence-electron chi connectivity index (χ1n) is 18.1. The normalized spacial score (nSPS) is 19.6. The van der Waals surface area contributed by atoms with Gasteiger partial charge in [0.2, 0.25) is 0 Å². The van der Waals surface area contributed by atoms with E-state index in [2.05, 4.69) is 21.0 Å². The Balaban J connectivity index is 1.37. The number of carbonyl (C=O) groups is 3. The van der Waals surface area contributed by atoms with Gasteiger partial charge in [0, 0.05) is 31.4 Å². The summed E-state index contributed by atoms with van der Waals surface area (Å²) < 4.78 is 27.4. The van der Waals surface area contributed by atoms with Crippen LogP contribution in [0.1, 0.15) is 38.3 Å². The summed E-state index contributed by atoms with van der Waals surface area (Å²) in [7, 11) is 1.22. The second kappa shape index (κ2) is 19.0. The minimum absolute atomic E-state index is 0.0654. The largest absolute Gasteiger partial charge is 0.492 e. The second-order valence-electron chi connectivity index (χ2n) is 14.5. The van der Waals surface area contributed by atoms with Crippen LogP contribution in [0.2, 0.25) is 0 Å². The van der Waals surface area contributed by atoms with Crippen molar-refractivity contribution >= 4 is 18.1 Å². The number of hydrogen-bond acceptors (Lipinski definition) is 12. The molecule has 6 atom stereocenters. The zero-order chi connectivity index (χ0) is 38.7. The molecule has 0 saturated carbocycles. The molecule has 1 aromatic heterocycles. The van der Waals surface area contributed by atoms with Crippen LogP contribution in [-0.4, -0.2) is 104 Å². The number of hydrazine groups is 1. The summed E-state index contributed by atoms with van der Waals surface area (Å²) in [6, 6.07) is 18.8. The highest BCUT2D eigenvalue weighted by Crippen LogP contribution is 2.33. The zero-order valence-corrected chi connectivity index (χ0v) is 31.2. The fourth-order valence-corrected chi connectivity index (χ4v) is 6.42. The van der Waals surface area contributed by atoms with E-state index in [1.165, 1.54) is 7.11 Å². The number of rotatable bonds is 16. The van der Waals surface area contributed by atoms with Crippen LogP contribution in [0.3, 0.4) is 0 Å². The summed E-state index contributed by atoms with van der Waals surface area (Å²) in [6.07, 6.45) is -0.916. The van der Waals surface area contributed by atoms with Gasteiger partial charge in [-0.15, -0.1) is 0 Å². The molecule has 3 aromatic rings. The summed E-state index contributed by atoms with van der Waals surface area (Å²) in [6.45, 7) is 6.99. The van der Waals surface area contributed by atoms with Crippen LogP contribution in [0.15, 0.2) is 72.9 Å². The van der Waals surface area contributed by atoms with Crippen LogP contribution in [0.25, 0.3) is 11.3 Å². The van der Waals surface area contributed by atoms with Gasteiger partial charge < -0.3 is 45.2 Å². The number of aromatic nitrogens is 1. The summed E-state index contributed by atoms with van der Waals surface area (Å²) in [5.41, 5.74) is 11.1. The molecule has 5 rings (SSSR count). The quantitative estimate of drug-likeness (QED) is 0.135. The molecule has 3 amide bonds. The minimum Gasteiger partial charge on any atom is -0.492 e. The molecule has 2 aliphatic rings. The van der Waals surface area contributed by atoms with E-state index in [0.717, 1.165) is 22.4 Å². The van der Waals surface area contributed by atoms with Crippen molar-refractivity contribution in [2.24, 2.45) is 17.1 Å². The van der Waals surface area contributed by atoms with E-state index in [1.807, 2.05) is 75.4 Å². The number of nitrogens with one attached hydrogen (secondary N) is 3. The van der Waals surface area contributed by atoms with Gasteiger partial charge in [0.25, 0.3) is 5.91 Å². The molecule has 2 aliphatic heterocycles. The number of hydrogen-bond donors (Lipinski definition) is 5. The van der Waals surface area contributed by atoms with E-state index < -0.39 is 54.1 Å². The Hall–Kier alpha value is -4.80. The molecule has 2 fully saturated rings. The van der Waals surface area contributed by atoms with Gasteiger partial charge in [-0.25, -0.2) is 14.6 Å². The average Bonchev–Trinajstić information content (AvgIpc) is 3.78. The predicted octanol–water partition coefficient (Wildman–Crippen LogP) is 3.15. The molecular weight excluding hydrogens is 696 g/mol. The minimum atomic E-state index is -1.22. The summed E-state index contributed by atoms with van der Waals surface area (Å²) in [5, 5.41) is 19.0. The number of pyridine rings is 1. The van der Waals surface area contributed by atoms with E-state index in [1.54, 1.807) is 23.3 Å². The van der Waals surface area contributed by atoms with Crippen molar-refractivity contribution in [1.82, 2.24) is 26.1 Å². The lowest BCUT2D eigenvalue weighted by Gasteiger charge is -2.34. The Morgan fingerprint density at radius 3 is 2.41 bits per heavy atom. The van der Waals surface area contributed by atoms with Crippen molar-refractivity contribution in [2.45, 2.75) is 70.7 Å². The van der Waals surface area contributed by atoms with Gasteiger partial charge in [0.05, 0.1) is 44.1 Å². The van der Waals surface area contributed by atoms with E-state index in [-0.39, 0.29) is 32.0 Å². The Labute approximate surface area is 315 Å². The lowest BCUT2D eigenvalue weighted by atomic mass is 9.86. The predicted molar refractivity (Wildman–Crippen MR) is 199 cm³/mol. The second-order valence-corrected chi connectivity index (χ2v) is 14.5. The Bertz CT molecular complexity index is 1660. The van der Waals surface area contributed by atoms with Gasteiger partial charge in [-0.3, -0.25) is 15.2 Å². The maximum Gasteiger partial charge on any atom is 0.407 e. The molecular formula is C39H52N6O9. The van der Waals surface area contributed by atoms with Crippen molar-refractivity contribution in [2.75, 3.05) is 40.0 Å². The molecule has 15 heteroatoms. The van der Waals surface area contributed by atoms with Crippen LogP contribution >= 0.6 is 0 Å². The van der Waals surface area contributed by atoms with E-state index >= 15 is 0 Å². The molecule has 0 spiro atoms. The molecule has 15 nitrogen and oxygen atoms in total. The van der Waals surface area contributed by atoms with Crippen molar-refractivity contribution in [3.63, 3.8) is 0 Å². The number of aliphatic hydroxyl groups excluding tert-OH is 1. The number of fused-ring (bicyclic) bond motifs is 1. The van der Waals surface area contributed by atoms with Crippen LogP contribution in [0.4, 0.5) is 9.59 Å². The number of nitrogens with two attached hydrogens (primary N) is 1. The molecule has 2 saturated heterocycles. The van der Waals surface area contributed by atoms with Crippen LogP contribution in [-0.2, 0) is 36.7 Å². The highest BCUT2D eigenvalue weighted by atomic mass is 16.7. The summed E-state index contributed by atoms with van der Waals surface area (Å²) in [4.78, 5) is 43.9. The molecule has 292 valence electrons. The molecule has 0 aliphatic carbocycles. The molecule has 6 N–H and O–H groups in total. The standard InChI is InChI=1S/C39H52N6O9/c1-39(2,3)34(43-37(48)50-4)35(47)44-45(22-26-8-12-27(13-9-26)30-7-5-6-18-41-30)23-32(46)31(21-25-10-14-28(15-11-25)51-20-17-40)42-38(49)54-33-24-53-36-29(33)16-19-52-36/h5-15,18,29,31-34,36,46H,16-17,19-24,40H2,1-4H3,(H,42,49)(H,43,48)(H,44,47)/t29-,31-,32-,33?,34+,36+/m0/s1. The number of methoxy groups -OCH3 is 1. The molecule has 54 heavy (non-hydrogen) atoms. The highest BCUT2D eigenvalue weighted by Gasteiger charge is 2.44. The van der Waals surface area contributed by atoms with Crippen molar-refractivity contribution in [3.8, 4) is 17.0 Å². The number of aliphatic hydroxyl groups is 1. The number of amides is 3. The third kappa shape index (κ3) is 11.4. The lowest BCUT2D eigenvalue weighted by molar-refractivity contribution is -0.131. The maximum absolute atomic E-state index is 13.8. The Kier molecular flexibility index (Phi) is 14.2. The molecule has 3 heterocycles. The molecule has 2 aromatic carbocycles. The molecule has 1 unspecified atom stereocenters. The van der Waals surface area contributed by atoms with Crippen molar-refractivity contribution < 1.29 is 43.2 Å². The Morgan fingerprint density at radius 2 is 1.74 bits per heavy atom. The van der Waals surface area contributed by atoms with Crippen molar-refractivity contribution in [3.05, 3.63) is 84.1 Å². The summed E-state index contributed by atoms with van der Waals surface area (Å²) in [5.74, 6) is 0.0567. The van der Waals surface area contributed by atoms with E-state index in [4.69, 9.17) is 29.4 Å². The number of nitrogens with zero attached hydrogens (tertiary/aromatic N) is 2. The Morgan fingerprint density at radius 1 is 1.00 bits per heavy atom. The molecule has 0 radical (unpaired) electrons. The maximum atomic E-state index is 13.8. The first-order valence-corrected chi connectivity index (χ1v) is 18.1. The summed E-state index contributed by atoms with van der Waals surface area (Å²) >= 11 is 0. The topological polar surface area (TPSA) is 196 Å². The monoisotopic (exact) mass is 748 g/mol. The van der Waals surface area contributed by atoms with Gasteiger partial charge in [-0.1, -0.05) is 63.2 Å². The first kappa shape index (κ1) is 40.4. The smallest absolute Gasteiger partial charge is 0.407 e. The number of benzene rings is 2. The number of carbonyl (C=O) groups excluding carboxylic acids is 3. The zero-order valence-electron chi connectivity index (χ0n) is 31.2. The molecule has 0 bridgehead atoms. The third-order valence-corrected chi connectivity index (χ3v) is 9.32. The SMILES string of the molecule is COC(=O)N[C@H](C(=O)NN(Cc1ccc(-c2ccccn2)cc1)C[C@H](O)[C@H](Cc1ccc(OCCN)cc1)NC(=O)OC1CO[C@H]2OCC[C@@H]12)C(C)(C)C. The highest BCUT2D eigenvalue weighted by molar-refractivity contribution is 5.86. The van der Waals surface area contributed by atoms with Gasteiger partial charge in [-0.2, -0.15) is 0 Å². The fraction of sp³-hybridized carbons (Fsp3) is 0.487. The third-order valence-electron chi connectivity index (χ3n) is 9.32. The van der Waals surface area contributed by atoms with Crippen LogP contribution in [0, 0.1) is 11.3 Å². The average molecular weight is 749 g/mol.